The Kier molecular flexibility index (Phi) is 14.2. The van der Waals surface area contributed by atoms with E-state index in [9.17, 15) is 4.79 Å². The van der Waals surface area contributed by atoms with Gasteiger partial charge in [-0.2, -0.15) is 0 Å². The molecule has 0 aliphatic rings. The van der Waals surface area contributed by atoms with Gasteiger partial charge in [-0.15, -0.1) is 0 Å². The van der Waals surface area contributed by atoms with Gasteiger partial charge in [-0.1, -0.05) is 0 Å². The summed E-state index contributed by atoms with van der Waals surface area (Å²) in [5.41, 5.74) is 0. The third kappa shape index (κ3) is 10.7. The summed E-state index contributed by atoms with van der Waals surface area (Å²) in [7, 11) is 0. The van der Waals surface area contributed by atoms with Crippen molar-refractivity contribution in [3.8, 4) is 0 Å². The van der Waals surface area contributed by atoms with Gasteiger partial charge < -0.3 is 4.74 Å². The van der Waals surface area contributed by atoms with Gasteiger partial charge >= 0.3 is 0 Å². The molecule has 0 spiro atoms. The second-order valence-corrected chi connectivity index (χ2v) is 0.781. The topological polar surface area (TPSA) is 26.3 Å². The zero-order chi connectivity index (χ0) is 4.83. The fraction of sp³-hybridized carbons (Fsp3) is 0.750. The van der Waals surface area contributed by atoms with Crippen LogP contribution in [0.1, 0.15) is 6.92 Å². The molecule has 1 radical (unpaired) electrons. The van der Waals surface area contributed by atoms with Gasteiger partial charge in [0.2, 0.25) is 6.29 Å². The molecule has 0 rings (SSSR count). The predicted molar refractivity (Wildman–Crippen MR) is 22.2 cm³/mol. The maximum Gasteiger partial charge on any atom is 0.226 e. The molecule has 0 fully saturated rings. The van der Waals surface area contributed by atoms with Gasteiger partial charge in [0.15, 0.2) is 0 Å². The molecule has 0 bridgehead atoms. The SMILES string of the molecule is CCOC[C]=O.[Ti]. The van der Waals surface area contributed by atoms with Crippen LogP contribution in [0, 0.1) is 0 Å². The van der Waals surface area contributed by atoms with Gasteiger partial charge in [0, 0.05) is 28.3 Å². The van der Waals surface area contributed by atoms with Gasteiger partial charge in [0.05, 0.1) is 0 Å². The fourth-order valence-electron chi connectivity index (χ4n) is 0.144. The summed E-state index contributed by atoms with van der Waals surface area (Å²) in [6.07, 6.45) is 1.60. The molecule has 0 heterocycles. The van der Waals surface area contributed by atoms with Crippen LogP contribution in [0.25, 0.3) is 0 Å². The molecule has 0 atom stereocenters. The second-order valence-electron chi connectivity index (χ2n) is 0.781. The van der Waals surface area contributed by atoms with Crippen molar-refractivity contribution in [3.63, 3.8) is 0 Å². The van der Waals surface area contributed by atoms with Crippen molar-refractivity contribution in [2.45, 2.75) is 6.92 Å². The molecule has 0 amide bonds. The number of rotatable bonds is 3. The maximum absolute atomic E-state index is 9.31. The van der Waals surface area contributed by atoms with Gasteiger partial charge in [-0.05, 0) is 6.92 Å². The van der Waals surface area contributed by atoms with Crippen molar-refractivity contribution in [2.75, 3.05) is 13.2 Å². The van der Waals surface area contributed by atoms with E-state index in [1.165, 1.54) is 0 Å². The Hall–Kier alpha value is 0.344. The molecule has 7 heavy (non-hydrogen) atoms. The first-order valence-corrected chi connectivity index (χ1v) is 1.84. The first kappa shape index (κ1) is 10.3. The van der Waals surface area contributed by atoms with E-state index in [0.717, 1.165) is 0 Å². The molecule has 0 aromatic heterocycles. The Morgan fingerprint density at radius 2 is 2.29 bits per heavy atom. The van der Waals surface area contributed by atoms with E-state index >= 15 is 0 Å². The zero-order valence-electron chi connectivity index (χ0n) is 4.23. The van der Waals surface area contributed by atoms with E-state index in [2.05, 4.69) is 4.74 Å². The molecule has 0 saturated carbocycles. The van der Waals surface area contributed by atoms with Crippen LogP contribution in [0.2, 0.25) is 0 Å². The average Bonchev–Trinajstić information content (AvgIpc) is 1.61. The van der Waals surface area contributed by atoms with E-state index in [4.69, 9.17) is 0 Å². The molecule has 0 aliphatic carbocycles. The Morgan fingerprint density at radius 1 is 1.71 bits per heavy atom. The Balaban J connectivity index is 0. The van der Waals surface area contributed by atoms with Crippen LogP contribution in [0.5, 0.6) is 0 Å². The normalized spacial score (nSPS) is 7.00. The number of ether oxygens (including phenoxy) is 1. The Labute approximate surface area is 58.1 Å². The molecular formula is C4H7O2Ti. The number of carbonyl (C=O) groups excluding carboxylic acids is 1. The van der Waals surface area contributed by atoms with Crippen molar-refractivity contribution in [1.82, 2.24) is 0 Å². The fourth-order valence-corrected chi connectivity index (χ4v) is 0.144. The molecule has 0 unspecified atom stereocenters. The minimum atomic E-state index is 0. The van der Waals surface area contributed by atoms with Gasteiger partial charge in [0.1, 0.15) is 6.61 Å². The molecule has 2 nitrogen and oxygen atoms in total. The molecule has 3 heteroatoms. The molecule has 39 valence electrons. The first-order valence-electron chi connectivity index (χ1n) is 1.84. The third-order valence-electron chi connectivity index (χ3n) is 0.365. The minimum absolute atomic E-state index is 0. The zero-order valence-corrected chi connectivity index (χ0v) is 5.79. The van der Waals surface area contributed by atoms with Crippen LogP contribution < -0.4 is 0 Å². The smallest absolute Gasteiger partial charge is 0.226 e. The van der Waals surface area contributed by atoms with Crippen LogP contribution >= 0.6 is 0 Å². The van der Waals surface area contributed by atoms with Crippen molar-refractivity contribution in [2.24, 2.45) is 0 Å². The van der Waals surface area contributed by atoms with Crippen molar-refractivity contribution in [3.05, 3.63) is 0 Å². The monoisotopic (exact) mass is 135 g/mol. The molecule has 0 saturated heterocycles. The first-order chi connectivity index (χ1) is 2.91. The van der Waals surface area contributed by atoms with E-state index in [0.29, 0.717) is 6.61 Å². The summed E-state index contributed by atoms with van der Waals surface area (Å²) in [6, 6.07) is 0. The van der Waals surface area contributed by atoms with E-state index in [1.54, 1.807) is 6.29 Å². The van der Waals surface area contributed by atoms with Gasteiger partial charge in [0.25, 0.3) is 0 Å². The summed E-state index contributed by atoms with van der Waals surface area (Å²) >= 11 is 0. The van der Waals surface area contributed by atoms with E-state index < -0.39 is 0 Å². The molecule has 0 aromatic rings. The van der Waals surface area contributed by atoms with Crippen molar-refractivity contribution >= 4 is 6.29 Å². The largest absolute Gasteiger partial charge is 0.373 e. The van der Waals surface area contributed by atoms with Gasteiger partial charge in [-0.3, -0.25) is 4.79 Å². The van der Waals surface area contributed by atoms with Crippen molar-refractivity contribution in [1.29, 1.82) is 0 Å². The number of hydrogen-bond acceptors (Lipinski definition) is 2. The van der Waals surface area contributed by atoms with Crippen molar-refractivity contribution < 1.29 is 31.2 Å². The van der Waals surface area contributed by atoms with Crippen LogP contribution in [-0.4, -0.2) is 19.5 Å². The quantitative estimate of drug-likeness (QED) is 0.406. The van der Waals surface area contributed by atoms with E-state index in [-0.39, 0.29) is 28.3 Å². The summed E-state index contributed by atoms with van der Waals surface area (Å²) in [6.45, 7) is 2.53. The second kappa shape index (κ2) is 9.60. The molecule has 0 aromatic carbocycles. The van der Waals surface area contributed by atoms with Crippen LogP contribution in [0.3, 0.4) is 0 Å². The number of hydrogen-bond donors (Lipinski definition) is 0. The summed E-state index contributed by atoms with van der Waals surface area (Å²) in [4.78, 5) is 9.31. The third-order valence-corrected chi connectivity index (χ3v) is 0.365. The molecule has 0 aliphatic heterocycles. The maximum atomic E-state index is 9.31. The average molecular weight is 135 g/mol. The minimum Gasteiger partial charge on any atom is -0.373 e. The Bertz CT molecular complexity index is 38.7. The van der Waals surface area contributed by atoms with E-state index in [1.807, 2.05) is 6.92 Å². The molecule has 0 N–H and O–H groups in total. The molecular weight excluding hydrogens is 128 g/mol. The van der Waals surface area contributed by atoms with Crippen LogP contribution in [0.15, 0.2) is 0 Å². The standard InChI is InChI=1S/C4H7O2.Ti/c1-2-6-4-3-5;/h2,4H2,1H3;. The Morgan fingerprint density at radius 3 is 2.43 bits per heavy atom. The summed E-state index contributed by atoms with van der Waals surface area (Å²) in [5, 5.41) is 0. The summed E-state index contributed by atoms with van der Waals surface area (Å²) in [5.74, 6) is 0. The van der Waals surface area contributed by atoms with Crippen LogP contribution in [-0.2, 0) is 31.2 Å². The van der Waals surface area contributed by atoms with Gasteiger partial charge in [-0.25, -0.2) is 0 Å². The predicted octanol–water partition coefficient (Wildman–Crippen LogP) is 0.130. The summed E-state index contributed by atoms with van der Waals surface area (Å²) < 4.78 is 4.56. The van der Waals surface area contributed by atoms with Crippen LogP contribution in [0.4, 0.5) is 0 Å².